The number of hydrazine groups is 1. The van der Waals surface area contributed by atoms with Gasteiger partial charge in [-0.3, -0.25) is 19.9 Å². The number of carbonyl (C=O) groups excluding carboxylic acids is 3. The molecule has 0 bridgehead atoms. The van der Waals surface area contributed by atoms with Gasteiger partial charge < -0.3 is 9.64 Å². The molecule has 0 spiro atoms. The van der Waals surface area contributed by atoms with Crippen LogP contribution in [0.5, 0.6) is 0 Å². The smallest absolute Gasteiger partial charge is 0.426 e. The number of fused-ring (bicyclic) bond motifs is 1. The number of likely N-dealkylation sites (tertiary alicyclic amines) is 1. The lowest BCUT2D eigenvalue weighted by Crippen LogP contribution is -2.53. The van der Waals surface area contributed by atoms with Gasteiger partial charge in [-0.05, 0) is 57.7 Å². The molecule has 3 rings (SSSR count). The Labute approximate surface area is 165 Å². The number of carbonyl (C=O) groups is 3. The first-order valence-electron chi connectivity index (χ1n) is 9.88. The van der Waals surface area contributed by atoms with E-state index in [4.69, 9.17) is 4.74 Å². The van der Waals surface area contributed by atoms with E-state index in [1.165, 1.54) is 5.56 Å². The van der Waals surface area contributed by atoms with Crippen LogP contribution in [0.3, 0.4) is 0 Å². The first-order valence-corrected chi connectivity index (χ1v) is 9.88. The van der Waals surface area contributed by atoms with Crippen LogP contribution in [0.1, 0.15) is 38.7 Å². The molecule has 2 heterocycles. The van der Waals surface area contributed by atoms with Crippen LogP contribution in [0, 0.1) is 0 Å². The summed E-state index contributed by atoms with van der Waals surface area (Å²) in [5.41, 5.74) is 6.77. The van der Waals surface area contributed by atoms with Crippen LogP contribution in [0.2, 0.25) is 0 Å². The number of amides is 3. The SMILES string of the molecule is CCOC(=O)NNC(=O)[C@H]1CCCN1CC(=O)N1c2ccccc2CC[C@H]1C. The minimum atomic E-state index is -0.699. The van der Waals surface area contributed by atoms with E-state index in [-0.39, 0.29) is 31.0 Å². The normalized spacial score (nSPS) is 21.7. The number of benzene rings is 1. The van der Waals surface area contributed by atoms with Crippen molar-refractivity contribution in [1.82, 2.24) is 15.8 Å². The molecule has 0 saturated carbocycles. The first kappa shape index (κ1) is 20.1. The minimum Gasteiger partial charge on any atom is -0.449 e. The summed E-state index contributed by atoms with van der Waals surface area (Å²) in [4.78, 5) is 40.7. The molecule has 8 nitrogen and oxygen atoms in total. The number of aryl methyl sites for hydroxylation is 1. The van der Waals surface area contributed by atoms with Crippen LogP contribution in [0.25, 0.3) is 0 Å². The van der Waals surface area contributed by atoms with Gasteiger partial charge in [0.15, 0.2) is 0 Å². The topological polar surface area (TPSA) is 91.0 Å². The van der Waals surface area contributed by atoms with Gasteiger partial charge in [0, 0.05) is 11.7 Å². The van der Waals surface area contributed by atoms with Crippen molar-refractivity contribution in [1.29, 1.82) is 0 Å². The van der Waals surface area contributed by atoms with Gasteiger partial charge in [-0.25, -0.2) is 10.2 Å². The molecule has 1 fully saturated rings. The summed E-state index contributed by atoms with van der Waals surface area (Å²) in [7, 11) is 0. The second kappa shape index (κ2) is 9.05. The van der Waals surface area contributed by atoms with Gasteiger partial charge in [0.25, 0.3) is 5.91 Å². The molecular weight excluding hydrogens is 360 g/mol. The lowest BCUT2D eigenvalue weighted by Gasteiger charge is -2.36. The second-order valence-corrected chi connectivity index (χ2v) is 7.24. The summed E-state index contributed by atoms with van der Waals surface area (Å²) in [6, 6.07) is 7.68. The number of rotatable bonds is 4. The Morgan fingerprint density at radius 2 is 1.96 bits per heavy atom. The van der Waals surface area contributed by atoms with E-state index in [0.29, 0.717) is 13.0 Å². The maximum Gasteiger partial charge on any atom is 0.426 e. The highest BCUT2D eigenvalue weighted by molar-refractivity contribution is 5.97. The fourth-order valence-electron chi connectivity index (χ4n) is 3.99. The van der Waals surface area contributed by atoms with Crippen molar-refractivity contribution in [2.24, 2.45) is 0 Å². The second-order valence-electron chi connectivity index (χ2n) is 7.24. The van der Waals surface area contributed by atoms with E-state index in [9.17, 15) is 14.4 Å². The molecule has 2 atom stereocenters. The van der Waals surface area contributed by atoms with E-state index in [1.54, 1.807) is 6.92 Å². The van der Waals surface area contributed by atoms with Crippen LogP contribution in [-0.4, -0.2) is 54.6 Å². The van der Waals surface area contributed by atoms with Gasteiger partial charge >= 0.3 is 6.09 Å². The van der Waals surface area contributed by atoms with Crippen LogP contribution in [0.4, 0.5) is 10.5 Å². The number of nitrogens with one attached hydrogen (secondary N) is 2. The molecule has 28 heavy (non-hydrogen) atoms. The molecule has 2 aliphatic heterocycles. The predicted molar refractivity (Wildman–Crippen MR) is 105 cm³/mol. The summed E-state index contributed by atoms with van der Waals surface area (Å²) in [5.74, 6) is -0.330. The molecule has 8 heteroatoms. The van der Waals surface area contributed by atoms with Crippen molar-refractivity contribution in [2.45, 2.75) is 51.6 Å². The van der Waals surface area contributed by atoms with Crippen molar-refractivity contribution in [2.75, 3.05) is 24.6 Å². The highest BCUT2D eigenvalue weighted by atomic mass is 16.6. The molecular formula is C20H28N4O4. The van der Waals surface area contributed by atoms with E-state index >= 15 is 0 Å². The Balaban J connectivity index is 1.63. The molecule has 0 aliphatic carbocycles. The molecule has 2 aliphatic rings. The predicted octanol–water partition coefficient (Wildman–Crippen LogP) is 1.60. The highest BCUT2D eigenvalue weighted by Crippen LogP contribution is 2.31. The molecule has 3 amide bonds. The maximum atomic E-state index is 13.1. The van der Waals surface area contributed by atoms with Gasteiger partial charge in [-0.2, -0.15) is 0 Å². The zero-order chi connectivity index (χ0) is 20.1. The standard InChI is InChI=1S/C20H28N4O4/c1-3-28-20(27)22-21-19(26)17-9-6-12-23(17)13-18(25)24-14(2)10-11-15-7-4-5-8-16(15)24/h4-5,7-8,14,17H,3,6,9-13H2,1-2H3,(H,21,26)(H,22,27)/t14-,17-/m1/s1. The zero-order valence-electron chi connectivity index (χ0n) is 16.4. The summed E-state index contributed by atoms with van der Waals surface area (Å²) >= 11 is 0. The van der Waals surface area contributed by atoms with E-state index in [0.717, 1.165) is 24.9 Å². The van der Waals surface area contributed by atoms with Crippen molar-refractivity contribution in [3.63, 3.8) is 0 Å². The van der Waals surface area contributed by atoms with Gasteiger partial charge in [-0.1, -0.05) is 18.2 Å². The average molecular weight is 388 g/mol. The Morgan fingerprint density at radius 1 is 1.18 bits per heavy atom. The molecule has 0 unspecified atom stereocenters. The Hall–Kier alpha value is -2.61. The van der Waals surface area contributed by atoms with Crippen molar-refractivity contribution >= 4 is 23.6 Å². The summed E-state index contributed by atoms with van der Waals surface area (Å²) in [6.45, 7) is 4.82. The van der Waals surface area contributed by atoms with Gasteiger partial charge in [-0.15, -0.1) is 0 Å². The average Bonchev–Trinajstić information content (AvgIpc) is 3.14. The third-order valence-corrected chi connectivity index (χ3v) is 5.36. The summed E-state index contributed by atoms with van der Waals surface area (Å²) < 4.78 is 4.73. The minimum absolute atomic E-state index is 0.00213. The molecule has 152 valence electrons. The molecule has 2 N–H and O–H groups in total. The number of nitrogens with zero attached hydrogens (tertiary/aromatic N) is 2. The zero-order valence-corrected chi connectivity index (χ0v) is 16.4. The number of ether oxygens (including phenoxy) is 1. The van der Waals surface area contributed by atoms with E-state index < -0.39 is 12.1 Å². The third-order valence-electron chi connectivity index (χ3n) is 5.36. The lowest BCUT2D eigenvalue weighted by atomic mass is 9.96. The molecule has 1 saturated heterocycles. The van der Waals surface area contributed by atoms with Crippen molar-refractivity contribution in [3.05, 3.63) is 29.8 Å². The molecule has 1 aromatic rings. The summed E-state index contributed by atoms with van der Waals surface area (Å²) in [6.07, 6.45) is 2.67. The Bertz CT molecular complexity index is 739. The monoisotopic (exact) mass is 388 g/mol. The van der Waals surface area contributed by atoms with Crippen molar-refractivity contribution < 1.29 is 19.1 Å². The lowest BCUT2D eigenvalue weighted by molar-refractivity contribution is -0.127. The summed E-state index contributed by atoms with van der Waals surface area (Å²) in [5, 5.41) is 0. The van der Waals surface area contributed by atoms with Crippen LogP contribution in [0.15, 0.2) is 24.3 Å². The van der Waals surface area contributed by atoms with Gasteiger partial charge in [0.1, 0.15) is 0 Å². The maximum absolute atomic E-state index is 13.1. The third kappa shape index (κ3) is 4.44. The van der Waals surface area contributed by atoms with E-state index in [2.05, 4.69) is 23.8 Å². The Kier molecular flexibility index (Phi) is 6.51. The molecule has 0 aromatic heterocycles. The quantitative estimate of drug-likeness (QED) is 0.765. The number of hydrogen-bond donors (Lipinski definition) is 2. The van der Waals surface area contributed by atoms with Gasteiger partial charge in [0.05, 0.1) is 19.2 Å². The van der Waals surface area contributed by atoms with E-state index in [1.807, 2.05) is 28.0 Å². The molecule has 0 radical (unpaired) electrons. The Morgan fingerprint density at radius 3 is 2.75 bits per heavy atom. The largest absolute Gasteiger partial charge is 0.449 e. The van der Waals surface area contributed by atoms with Crippen LogP contribution >= 0.6 is 0 Å². The fraction of sp³-hybridized carbons (Fsp3) is 0.550. The van der Waals surface area contributed by atoms with Crippen molar-refractivity contribution in [3.8, 4) is 0 Å². The van der Waals surface area contributed by atoms with Crippen LogP contribution < -0.4 is 15.8 Å². The highest BCUT2D eigenvalue weighted by Gasteiger charge is 2.35. The van der Waals surface area contributed by atoms with Crippen LogP contribution in [-0.2, 0) is 20.7 Å². The fourth-order valence-corrected chi connectivity index (χ4v) is 3.99. The molecule has 1 aromatic carbocycles. The number of hydrogen-bond acceptors (Lipinski definition) is 5. The van der Waals surface area contributed by atoms with Gasteiger partial charge in [0.2, 0.25) is 5.91 Å². The number of anilines is 1. The number of para-hydroxylation sites is 1. The first-order chi connectivity index (χ1) is 13.5.